The summed E-state index contributed by atoms with van der Waals surface area (Å²) in [5.41, 5.74) is 0. The fourth-order valence-corrected chi connectivity index (χ4v) is 2.70. The van der Waals surface area contributed by atoms with Crippen LogP contribution in [0.2, 0.25) is 0 Å². The zero-order valence-electron chi connectivity index (χ0n) is 10.4. The molecule has 3 heteroatoms. The Bertz CT molecular complexity index is 228. The Morgan fingerprint density at radius 2 is 2.00 bits per heavy atom. The lowest BCUT2D eigenvalue weighted by Gasteiger charge is -2.32. The molecule has 0 saturated carbocycles. The summed E-state index contributed by atoms with van der Waals surface area (Å²) >= 11 is 0. The monoisotopic (exact) mass is 224 g/mol. The molecule has 2 rings (SSSR count). The summed E-state index contributed by atoms with van der Waals surface area (Å²) in [6, 6.07) is 0.445. The molecule has 16 heavy (non-hydrogen) atoms. The van der Waals surface area contributed by atoms with Gasteiger partial charge in [-0.1, -0.05) is 13.3 Å². The highest BCUT2D eigenvalue weighted by Gasteiger charge is 2.23. The van der Waals surface area contributed by atoms with Crippen molar-refractivity contribution < 1.29 is 4.79 Å². The van der Waals surface area contributed by atoms with Crippen LogP contribution in [0.25, 0.3) is 0 Å². The molecule has 0 aliphatic carbocycles. The number of nitrogens with zero attached hydrogens (tertiary/aromatic N) is 1. The average molecular weight is 224 g/mol. The Balaban J connectivity index is 1.74. The van der Waals surface area contributed by atoms with E-state index in [-0.39, 0.29) is 0 Å². The Morgan fingerprint density at radius 3 is 2.62 bits per heavy atom. The molecule has 0 unspecified atom stereocenters. The summed E-state index contributed by atoms with van der Waals surface area (Å²) in [7, 11) is 0. The number of amides is 1. The molecule has 0 spiro atoms. The van der Waals surface area contributed by atoms with E-state index in [1.54, 1.807) is 0 Å². The third-order valence-corrected chi connectivity index (χ3v) is 3.97. The predicted molar refractivity (Wildman–Crippen MR) is 65.2 cm³/mol. The van der Waals surface area contributed by atoms with E-state index in [0.717, 1.165) is 25.6 Å². The molecule has 1 N–H and O–H groups in total. The van der Waals surface area contributed by atoms with Crippen molar-refractivity contribution in [3.05, 3.63) is 0 Å². The van der Waals surface area contributed by atoms with Crippen molar-refractivity contribution in [3.63, 3.8) is 0 Å². The number of carbonyl (C=O) groups is 1. The highest BCUT2D eigenvalue weighted by atomic mass is 16.2. The van der Waals surface area contributed by atoms with E-state index in [1.165, 1.54) is 32.1 Å². The molecule has 1 amide bonds. The van der Waals surface area contributed by atoms with E-state index in [1.807, 2.05) is 0 Å². The summed E-state index contributed by atoms with van der Waals surface area (Å²) in [5, 5.41) is 3.45. The van der Waals surface area contributed by atoms with Gasteiger partial charge in [0.2, 0.25) is 5.91 Å². The van der Waals surface area contributed by atoms with Crippen molar-refractivity contribution in [1.29, 1.82) is 0 Å². The maximum absolute atomic E-state index is 12.1. The van der Waals surface area contributed by atoms with E-state index in [9.17, 15) is 4.79 Å². The molecule has 0 aromatic rings. The van der Waals surface area contributed by atoms with Gasteiger partial charge in [-0.25, -0.2) is 0 Å². The molecule has 2 fully saturated rings. The Kier molecular flexibility index (Phi) is 4.22. The van der Waals surface area contributed by atoms with Crippen molar-refractivity contribution in [3.8, 4) is 0 Å². The van der Waals surface area contributed by atoms with Crippen LogP contribution >= 0.6 is 0 Å². The Hall–Kier alpha value is -0.570. The number of nitrogens with one attached hydrogen (secondary N) is 1. The van der Waals surface area contributed by atoms with Crippen LogP contribution in [0.15, 0.2) is 0 Å². The molecular formula is C13H24N2O. The molecule has 2 aliphatic rings. The van der Waals surface area contributed by atoms with Gasteiger partial charge in [0, 0.05) is 25.6 Å². The lowest BCUT2D eigenvalue weighted by atomic mass is 9.97. The maximum atomic E-state index is 12.1. The first-order valence-corrected chi connectivity index (χ1v) is 6.77. The fraction of sp³-hybridized carbons (Fsp3) is 0.923. The van der Waals surface area contributed by atoms with E-state index >= 15 is 0 Å². The number of likely N-dealkylation sites (tertiary alicyclic amines) is 1. The molecule has 1 atom stereocenters. The van der Waals surface area contributed by atoms with Gasteiger partial charge in [-0.15, -0.1) is 0 Å². The van der Waals surface area contributed by atoms with Gasteiger partial charge in [0.1, 0.15) is 0 Å². The maximum Gasteiger partial charge on any atom is 0.224 e. The van der Waals surface area contributed by atoms with Crippen molar-refractivity contribution >= 4 is 5.91 Å². The summed E-state index contributed by atoms with van der Waals surface area (Å²) < 4.78 is 0. The second-order valence-corrected chi connectivity index (χ2v) is 5.41. The summed E-state index contributed by atoms with van der Waals surface area (Å²) in [6.07, 6.45) is 6.81. The lowest BCUT2D eigenvalue weighted by Crippen LogP contribution is -2.43. The second-order valence-electron chi connectivity index (χ2n) is 5.41. The molecule has 2 heterocycles. The minimum atomic E-state index is 0.367. The van der Waals surface area contributed by atoms with Gasteiger partial charge in [0.15, 0.2) is 0 Å². The van der Waals surface area contributed by atoms with Crippen molar-refractivity contribution in [2.24, 2.45) is 5.92 Å². The van der Waals surface area contributed by atoms with Gasteiger partial charge in [-0.2, -0.15) is 0 Å². The van der Waals surface area contributed by atoms with Crippen molar-refractivity contribution in [2.75, 3.05) is 19.6 Å². The van der Waals surface area contributed by atoms with Crippen LogP contribution in [-0.4, -0.2) is 36.5 Å². The molecule has 0 bridgehead atoms. The van der Waals surface area contributed by atoms with Crippen LogP contribution in [0.4, 0.5) is 0 Å². The van der Waals surface area contributed by atoms with Gasteiger partial charge in [-0.3, -0.25) is 4.79 Å². The highest BCUT2D eigenvalue weighted by Crippen LogP contribution is 2.18. The minimum Gasteiger partial charge on any atom is -0.343 e. The van der Waals surface area contributed by atoms with Crippen LogP contribution in [0, 0.1) is 5.92 Å². The lowest BCUT2D eigenvalue weighted by molar-refractivity contribution is -0.133. The Labute approximate surface area is 98.6 Å². The van der Waals surface area contributed by atoms with Gasteiger partial charge < -0.3 is 10.2 Å². The topological polar surface area (TPSA) is 32.3 Å². The van der Waals surface area contributed by atoms with Crippen LogP contribution in [0.3, 0.4) is 0 Å². The van der Waals surface area contributed by atoms with E-state index < -0.39 is 0 Å². The zero-order valence-corrected chi connectivity index (χ0v) is 10.4. The van der Waals surface area contributed by atoms with Gasteiger partial charge in [0.05, 0.1) is 0 Å². The smallest absolute Gasteiger partial charge is 0.224 e. The van der Waals surface area contributed by atoms with Gasteiger partial charge in [-0.05, 0) is 38.1 Å². The van der Waals surface area contributed by atoms with Crippen LogP contribution in [-0.2, 0) is 4.79 Å². The standard InChI is InChI=1S/C13H24N2O/c1-11-5-8-15(9-6-11)13(16)10-12-4-2-3-7-14-12/h11-12,14H,2-10H2,1H3/t12-/m0/s1. The molecule has 2 aliphatic heterocycles. The van der Waals surface area contributed by atoms with Crippen molar-refractivity contribution in [2.45, 2.75) is 51.5 Å². The fourth-order valence-electron chi connectivity index (χ4n) is 2.70. The number of carbonyl (C=O) groups excluding carboxylic acids is 1. The first-order chi connectivity index (χ1) is 7.75. The zero-order chi connectivity index (χ0) is 11.4. The predicted octanol–water partition coefficient (Wildman–Crippen LogP) is 1.78. The first-order valence-electron chi connectivity index (χ1n) is 6.77. The van der Waals surface area contributed by atoms with Crippen LogP contribution in [0.5, 0.6) is 0 Å². The Morgan fingerprint density at radius 1 is 1.25 bits per heavy atom. The second kappa shape index (κ2) is 5.67. The quantitative estimate of drug-likeness (QED) is 0.775. The molecule has 92 valence electrons. The molecule has 2 saturated heterocycles. The molecular weight excluding hydrogens is 200 g/mol. The average Bonchev–Trinajstić information content (AvgIpc) is 2.31. The largest absolute Gasteiger partial charge is 0.343 e. The molecule has 3 nitrogen and oxygen atoms in total. The number of hydrogen-bond acceptors (Lipinski definition) is 2. The summed E-state index contributed by atoms with van der Waals surface area (Å²) in [4.78, 5) is 14.1. The van der Waals surface area contributed by atoms with E-state index in [4.69, 9.17) is 0 Å². The number of rotatable bonds is 2. The minimum absolute atomic E-state index is 0.367. The van der Waals surface area contributed by atoms with Gasteiger partial charge >= 0.3 is 0 Å². The first kappa shape index (κ1) is 11.9. The highest BCUT2D eigenvalue weighted by molar-refractivity contribution is 5.76. The summed E-state index contributed by atoms with van der Waals surface area (Å²) in [5.74, 6) is 1.17. The normalized spacial score (nSPS) is 28.1. The third-order valence-electron chi connectivity index (χ3n) is 3.97. The van der Waals surface area contributed by atoms with E-state index in [0.29, 0.717) is 18.4 Å². The number of hydrogen-bond donors (Lipinski definition) is 1. The molecule has 0 aromatic heterocycles. The molecule has 0 radical (unpaired) electrons. The summed E-state index contributed by atoms with van der Waals surface area (Å²) in [6.45, 7) is 5.33. The van der Waals surface area contributed by atoms with Crippen LogP contribution in [0.1, 0.15) is 45.4 Å². The third kappa shape index (κ3) is 3.21. The van der Waals surface area contributed by atoms with E-state index in [2.05, 4.69) is 17.1 Å². The van der Waals surface area contributed by atoms with Crippen molar-refractivity contribution in [1.82, 2.24) is 10.2 Å². The SMILES string of the molecule is CC1CCN(C(=O)C[C@@H]2CCCCN2)CC1. The molecule has 0 aromatic carbocycles. The number of piperidine rings is 2. The van der Waals surface area contributed by atoms with Crippen LogP contribution < -0.4 is 5.32 Å². The van der Waals surface area contributed by atoms with Gasteiger partial charge in [0.25, 0.3) is 0 Å².